The Balaban J connectivity index is 1.35. The molecular weight excluding hydrogens is 460 g/mol. The quantitative estimate of drug-likeness (QED) is 0.266. The Kier molecular flexibility index (Phi) is 7.79. The summed E-state index contributed by atoms with van der Waals surface area (Å²) in [6, 6.07) is 26.9. The van der Waals surface area contributed by atoms with E-state index in [9.17, 15) is 14.7 Å². The van der Waals surface area contributed by atoms with Crippen LogP contribution in [0.1, 0.15) is 46.0 Å². The number of rotatable bonds is 10. The number of nitrogens with zero attached hydrogens (tertiary/aromatic N) is 1. The first-order valence-corrected chi connectivity index (χ1v) is 11.3. The first kappa shape index (κ1) is 24.7. The van der Waals surface area contributed by atoms with Crippen LogP contribution in [0, 0.1) is 0 Å². The van der Waals surface area contributed by atoms with E-state index in [1.165, 1.54) is 18.0 Å². The number of carbonyl (C=O) groups is 2. The van der Waals surface area contributed by atoms with Gasteiger partial charge in [-0.15, -0.1) is 0 Å². The maximum Gasteiger partial charge on any atom is 0.371 e. The molecule has 1 atom stereocenters. The molecule has 0 radical (unpaired) electrons. The van der Waals surface area contributed by atoms with Crippen LogP contribution in [-0.2, 0) is 22.7 Å². The van der Waals surface area contributed by atoms with Crippen molar-refractivity contribution in [2.45, 2.75) is 26.2 Å². The van der Waals surface area contributed by atoms with Gasteiger partial charge in [0.05, 0.1) is 18.0 Å². The van der Waals surface area contributed by atoms with Crippen molar-refractivity contribution in [1.29, 1.82) is 0 Å². The lowest BCUT2D eigenvalue weighted by molar-refractivity contribution is -0.116. The summed E-state index contributed by atoms with van der Waals surface area (Å²) in [4.78, 5) is 23.2. The van der Waals surface area contributed by atoms with E-state index in [-0.39, 0.29) is 18.3 Å². The van der Waals surface area contributed by atoms with Crippen molar-refractivity contribution in [3.63, 3.8) is 0 Å². The fourth-order valence-electron chi connectivity index (χ4n) is 3.60. The molecule has 36 heavy (non-hydrogen) atoms. The number of hydrogen-bond acceptors (Lipinski definition) is 6. The maximum absolute atomic E-state index is 12.3. The van der Waals surface area contributed by atoms with Crippen molar-refractivity contribution in [2.75, 3.05) is 10.4 Å². The summed E-state index contributed by atoms with van der Waals surface area (Å²) in [6.07, 6.45) is -0.749. The molecule has 3 N–H and O–H groups in total. The molecule has 0 saturated heterocycles. The third kappa shape index (κ3) is 6.18. The van der Waals surface area contributed by atoms with Crippen LogP contribution in [0.2, 0.25) is 0 Å². The van der Waals surface area contributed by atoms with Crippen LogP contribution in [0.4, 0.5) is 11.4 Å². The van der Waals surface area contributed by atoms with Crippen molar-refractivity contribution in [3.05, 3.63) is 119 Å². The second kappa shape index (κ2) is 11.4. The Hall–Kier alpha value is -4.40. The van der Waals surface area contributed by atoms with E-state index in [0.717, 1.165) is 16.7 Å². The molecule has 1 amide bonds. The summed E-state index contributed by atoms with van der Waals surface area (Å²) in [5.41, 5.74) is 6.88. The lowest BCUT2D eigenvalue weighted by atomic mass is 10.0. The highest BCUT2D eigenvalue weighted by Gasteiger charge is 2.15. The highest BCUT2D eigenvalue weighted by Crippen LogP contribution is 2.25. The third-order valence-corrected chi connectivity index (χ3v) is 5.48. The number of aliphatic hydroxyl groups excluding tert-OH is 1. The fraction of sp³-hybridized carbons (Fsp3) is 0.143. The second-order valence-electron chi connectivity index (χ2n) is 8.13. The number of hydrazine groups is 1. The summed E-state index contributed by atoms with van der Waals surface area (Å²) in [5.74, 6) is -1.01. The number of carbonyl (C=O) groups excluding carboxylic acids is 1. The van der Waals surface area contributed by atoms with Gasteiger partial charge in [-0.2, -0.15) is 0 Å². The summed E-state index contributed by atoms with van der Waals surface area (Å²) in [6.45, 7) is 1.93. The lowest BCUT2D eigenvalue weighted by Gasteiger charge is -2.24. The van der Waals surface area contributed by atoms with E-state index in [1.54, 1.807) is 30.3 Å². The molecule has 3 aromatic carbocycles. The molecule has 1 aromatic heterocycles. The van der Waals surface area contributed by atoms with Crippen LogP contribution < -0.4 is 10.4 Å². The topological polar surface area (TPSA) is 112 Å². The molecule has 4 aromatic rings. The number of furan rings is 1. The summed E-state index contributed by atoms with van der Waals surface area (Å²) in [7, 11) is 0. The summed E-state index contributed by atoms with van der Waals surface area (Å²) >= 11 is 0. The molecule has 4 rings (SSSR count). The van der Waals surface area contributed by atoms with Gasteiger partial charge in [-0.05, 0) is 53.1 Å². The van der Waals surface area contributed by atoms with Crippen LogP contribution in [0.25, 0.3) is 0 Å². The maximum atomic E-state index is 12.3. The van der Waals surface area contributed by atoms with E-state index < -0.39 is 12.1 Å². The predicted molar refractivity (Wildman–Crippen MR) is 134 cm³/mol. The van der Waals surface area contributed by atoms with Crippen molar-refractivity contribution in [3.8, 4) is 0 Å². The SMILES string of the molecule is CC(=O)N(Nc1ccc(COCc2ccc(C(=O)O)o2)cc1)c1ccc(C(O)c2ccccc2)cc1. The van der Waals surface area contributed by atoms with Crippen LogP contribution in [0.15, 0.2) is 95.4 Å². The molecular formula is C28H26N2O6. The fourth-order valence-corrected chi connectivity index (χ4v) is 3.60. The Bertz CT molecular complexity index is 1300. The second-order valence-corrected chi connectivity index (χ2v) is 8.13. The van der Waals surface area contributed by atoms with Gasteiger partial charge in [-0.25, -0.2) is 9.80 Å². The van der Waals surface area contributed by atoms with Gasteiger partial charge in [0.15, 0.2) is 0 Å². The van der Waals surface area contributed by atoms with Crippen LogP contribution in [-0.4, -0.2) is 22.1 Å². The normalized spacial score (nSPS) is 11.6. The van der Waals surface area contributed by atoms with Gasteiger partial charge < -0.3 is 19.4 Å². The number of amides is 1. The van der Waals surface area contributed by atoms with Gasteiger partial charge in [-0.1, -0.05) is 54.6 Å². The Labute approximate surface area is 208 Å². The van der Waals surface area contributed by atoms with Crippen LogP contribution in [0.3, 0.4) is 0 Å². The number of carboxylic acid groups (broad SMARTS) is 1. The van der Waals surface area contributed by atoms with E-state index in [1.807, 2.05) is 54.6 Å². The molecule has 184 valence electrons. The van der Waals surface area contributed by atoms with Crippen molar-refractivity contribution in [2.24, 2.45) is 0 Å². The number of aliphatic hydroxyl groups is 1. The minimum absolute atomic E-state index is 0.124. The number of benzene rings is 3. The standard InChI is InChI=1S/C28H26N2O6/c1-19(31)30(24-13-9-22(10-14-24)27(32)21-5-3-2-4-6-21)29-23-11-7-20(8-12-23)17-35-18-25-15-16-26(36-25)28(33)34/h2-16,27,29,32H,17-18H2,1H3,(H,33,34). The van der Waals surface area contributed by atoms with Crippen molar-refractivity contribution >= 4 is 23.3 Å². The molecule has 1 heterocycles. The first-order chi connectivity index (χ1) is 17.4. The van der Waals surface area contributed by atoms with Crippen molar-refractivity contribution in [1.82, 2.24) is 0 Å². The largest absolute Gasteiger partial charge is 0.475 e. The molecule has 0 saturated carbocycles. The molecule has 0 spiro atoms. The number of nitrogens with one attached hydrogen (secondary N) is 1. The minimum atomic E-state index is -1.12. The van der Waals surface area contributed by atoms with Gasteiger partial charge >= 0.3 is 5.97 Å². The van der Waals surface area contributed by atoms with Gasteiger partial charge in [0.1, 0.15) is 18.5 Å². The highest BCUT2D eigenvalue weighted by molar-refractivity contribution is 5.93. The van der Waals surface area contributed by atoms with Crippen molar-refractivity contribution < 1.29 is 29.0 Å². The van der Waals surface area contributed by atoms with E-state index in [4.69, 9.17) is 14.3 Å². The smallest absolute Gasteiger partial charge is 0.371 e. The van der Waals surface area contributed by atoms with Gasteiger partial charge in [0.2, 0.25) is 11.7 Å². The van der Waals surface area contributed by atoms with E-state index in [2.05, 4.69) is 5.43 Å². The molecule has 8 nitrogen and oxygen atoms in total. The number of hydrogen-bond donors (Lipinski definition) is 3. The van der Waals surface area contributed by atoms with Crippen LogP contribution in [0.5, 0.6) is 0 Å². The number of aromatic carboxylic acids is 1. The summed E-state index contributed by atoms with van der Waals surface area (Å²) in [5, 5.41) is 20.9. The zero-order valence-corrected chi connectivity index (χ0v) is 19.6. The zero-order chi connectivity index (χ0) is 25.5. The third-order valence-electron chi connectivity index (χ3n) is 5.48. The Morgan fingerprint density at radius 2 is 1.56 bits per heavy atom. The Morgan fingerprint density at radius 1 is 0.889 bits per heavy atom. The first-order valence-electron chi connectivity index (χ1n) is 11.3. The molecule has 0 aliphatic carbocycles. The van der Waals surface area contributed by atoms with Gasteiger partial charge in [-0.3, -0.25) is 10.2 Å². The number of carboxylic acids is 1. The molecule has 1 unspecified atom stereocenters. The molecule has 0 fully saturated rings. The molecule has 0 aliphatic rings. The van der Waals surface area contributed by atoms with Gasteiger partial charge in [0.25, 0.3) is 0 Å². The predicted octanol–water partition coefficient (Wildman–Crippen LogP) is 5.16. The van der Waals surface area contributed by atoms with Gasteiger partial charge in [0, 0.05) is 6.92 Å². The molecule has 0 aliphatic heterocycles. The Morgan fingerprint density at radius 3 is 2.17 bits per heavy atom. The van der Waals surface area contributed by atoms with E-state index >= 15 is 0 Å². The zero-order valence-electron chi connectivity index (χ0n) is 19.6. The summed E-state index contributed by atoms with van der Waals surface area (Å²) < 4.78 is 10.8. The van der Waals surface area contributed by atoms with Crippen LogP contribution >= 0.6 is 0 Å². The van der Waals surface area contributed by atoms with E-state index in [0.29, 0.717) is 23.7 Å². The minimum Gasteiger partial charge on any atom is -0.475 e. The average molecular weight is 487 g/mol. The highest BCUT2D eigenvalue weighted by atomic mass is 16.5. The molecule has 0 bridgehead atoms. The average Bonchev–Trinajstić information content (AvgIpc) is 3.38. The number of anilines is 2. The molecule has 8 heteroatoms. The lowest BCUT2D eigenvalue weighted by Crippen LogP contribution is -2.34. The number of ether oxygens (including phenoxy) is 1. The monoisotopic (exact) mass is 486 g/mol.